The molecule has 6 heteroatoms. The Hall–Kier alpha value is -3.51. The topological polar surface area (TPSA) is 51.2 Å². The van der Waals surface area contributed by atoms with E-state index in [1.165, 1.54) is 5.56 Å². The Balaban J connectivity index is 1.53. The Labute approximate surface area is 227 Å². The molecule has 0 radical (unpaired) electrons. The van der Waals surface area contributed by atoms with Gasteiger partial charge in [0, 0.05) is 38.3 Å². The molecule has 0 atom stereocenters. The second kappa shape index (κ2) is 14.4. The third kappa shape index (κ3) is 7.99. The van der Waals surface area contributed by atoms with Crippen LogP contribution in [0.5, 0.6) is 17.2 Å². The third-order valence-corrected chi connectivity index (χ3v) is 6.81. The second-order valence-electron chi connectivity index (χ2n) is 9.72. The van der Waals surface area contributed by atoms with Crippen LogP contribution >= 0.6 is 0 Å². The van der Waals surface area contributed by atoms with Crippen LogP contribution in [-0.2, 0) is 17.9 Å². The van der Waals surface area contributed by atoms with Crippen LogP contribution in [0.25, 0.3) is 0 Å². The van der Waals surface area contributed by atoms with Crippen molar-refractivity contribution in [1.82, 2.24) is 9.80 Å². The van der Waals surface area contributed by atoms with Gasteiger partial charge in [-0.15, -0.1) is 0 Å². The van der Waals surface area contributed by atoms with E-state index in [-0.39, 0.29) is 12.5 Å². The van der Waals surface area contributed by atoms with Crippen molar-refractivity contribution in [3.63, 3.8) is 0 Å². The molecule has 1 aliphatic rings. The van der Waals surface area contributed by atoms with E-state index in [1.54, 1.807) is 0 Å². The summed E-state index contributed by atoms with van der Waals surface area (Å²) in [5.41, 5.74) is 3.37. The van der Waals surface area contributed by atoms with E-state index in [0.717, 1.165) is 60.7 Å². The van der Waals surface area contributed by atoms with E-state index in [2.05, 4.69) is 35.2 Å². The Bertz CT molecular complexity index is 1150. The molecule has 0 aliphatic carbocycles. The fourth-order valence-corrected chi connectivity index (χ4v) is 4.74. The summed E-state index contributed by atoms with van der Waals surface area (Å²) in [7, 11) is 0. The largest absolute Gasteiger partial charge is 0.490 e. The van der Waals surface area contributed by atoms with Crippen LogP contribution in [0.15, 0.2) is 72.8 Å². The van der Waals surface area contributed by atoms with Gasteiger partial charge in [-0.3, -0.25) is 9.69 Å². The van der Waals surface area contributed by atoms with Crippen molar-refractivity contribution in [2.45, 2.75) is 46.2 Å². The molecule has 0 fully saturated rings. The number of benzene rings is 3. The summed E-state index contributed by atoms with van der Waals surface area (Å²) < 4.78 is 18.1. The standard InChI is InChI=1S/C32H40N2O4/c1-3-36-30-18-12-16-28-24-33(23-27-14-6-4-7-15-27)20-21-34(19-10-5-11-22-37-32(28)30)31(35)25-38-29-17-9-8-13-26(29)2/h4,6-9,12-18H,3,5,10-11,19-25H2,1-2H3. The molecule has 4 rings (SSSR count). The predicted molar refractivity (Wildman–Crippen MR) is 151 cm³/mol. The van der Waals surface area contributed by atoms with Crippen LogP contribution < -0.4 is 14.2 Å². The molecule has 3 aromatic rings. The van der Waals surface area contributed by atoms with Gasteiger partial charge in [-0.1, -0.05) is 60.7 Å². The average Bonchev–Trinajstić information content (AvgIpc) is 2.94. The van der Waals surface area contributed by atoms with Gasteiger partial charge in [0.2, 0.25) is 0 Å². The van der Waals surface area contributed by atoms with Crippen molar-refractivity contribution in [1.29, 1.82) is 0 Å². The fourth-order valence-electron chi connectivity index (χ4n) is 4.74. The minimum atomic E-state index is 0.0260. The van der Waals surface area contributed by atoms with Crippen molar-refractivity contribution < 1.29 is 19.0 Å². The van der Waals surface area contributed by atoms with E-state index < -0.39 is 0 Å². The molecule has 38 heavy (non-hydrogen) atoms. The maximum atomic E-state index is 13.3. The van der Waals surface area contributed by atoms with Crippen molar-refractivity contribution in [2.75, 3.05) is 39.5 Å². The molecule has 1 amide bonds. The lowest BCUT2D eigenvalue weighted by molar-refractivity contribution is -0.133. The van der Waals surface area contributed by atoms with Gasteiger partial charge in [-0.25, -0.2) is 0 Å². The number of carbonyl (C=O) groups is 1. The number of para-hydroxylation sites is 2. The predicted octanol–water partition coefficient (Wildman–Crippen LogP) is 5.87. The van der Waals surface area contributed by atoms with Crippen LogP contribution in [0, 0.1) is 6.92 Å². The van der Waals surface area contributed by atoms with Gasteiger partial charge >= 0.3 is 0 Å². The highest BCUT2D eigenvalue weighted by Crippen LogP contribution is 2.33. The van der Waals surface area contributed by atoms with Crippen LogP contribution in [0.1, 0.15) is 42.9 Å². The number of carbonyl (C=O) groups excluding carboxylic acids is 1. The van der Waals surface area contributed by atoms with E-state index in [0.29, 0.717) is 32.8 Å². The Morgan fingerprint density at radius 1 is 0.842 bits per heavy atom. The summed E-state index contributed by atoms with van der Waals surface area (Å²) in [5, 5.41) is 0. The number of amides is 1. The van der Waals surface area contributed by atoms with Crippen molar-refractivity contribution >= 4 is 5.91 Å². The highest BCUT2D eigenvalue weighted by Gasteiger charge is 2.20. The molecule has 6 nitrogen and oxygen atoms in total. The van der Waals surface area contributed by atoms with Gasteiger partial charge in [0.05, 0.1) is 13.2 Å². The molecular formula is C32H40N2O4. The maximum absolute atomic E-state index is 13.3. The van der Waals surface area contributed by atoms with Crippen molar-refractivity contribution in [3.8, 4) is 17.2 Å². The van der Waals surface area contributed by atoms with Crippen molar-refractivity contribution in [3.05, 3.63) is 89.5 Å². The van der Waals surface area contributed by atoms with Gasteiger partial charge in [-0.2, -0.15) is 0 Å². The van der Waals surface area contributed by atoms with Gasteiger partial charge < -0.3 is 19.1 Å². The van der Waals surface area contributed by atoms with Crippen LogP contribution in [0.4, 0.5) is 0 Å². The summed E-state index contributed by atoms with van der Waals surface area (Å²) in [6.45, 7) is 8.84. The number of fused-ring (bicyclic) bond motifs is 1. The smallest absolute Gasteiger partial charge is 0.260 e. The van der Waals surface area contributed by atoms with Gasteiger partial charge in [0.25, 0.3) is 5.91 Å². The van der Waals surface area contributed by atoms with Gasteiger partial charge in [0.15, 0.2) is 18.1 Å². The normalized spacial score (nSPS) is 15.3. The van der Waals surface area contributed by atoms with Crippen molar-refractivity contribution in [2.24, 2.45) is 0 Å². The third-order valence-electron chi connectivity index (χ3n) is 6.81. The molecule has 3 aromatic carbocycles. The summed E-state index contributed by atoms with van der Waals surface area (Å²) in [6, 6.07) is 24.4. The van der Waals surface area contributed by atoms with Crippen LogP contribution in [0.2, 0.25) is 0 Å². The molecule has 1 heterocycles. The number of nitrogens with zero attached hydrogens (tertiary/aromatic N) is 2. The number of ether oxygens (including phenoxy) is 3. The molecule has 0 N–H and O–H groups in total. The minimum Gasteiger partial charge on any atom is -0.490 e. The zero-order chi connectivity index (χ0) is 26.6. The summed E-state index contributed by atoms with van der Waals surface area (Å²) in [4.78, 5) is 17.6. The monoisotopic (exact) mass is 516 g/mol. The van der Waals surface area contributed by atoms with Crippen LogP contribution in [-0.4, -0.2) is 55.2 Å². The molecule has 202 valence electrons. The first kappa shape index (κ1) is 27.5. The first-order valence-electron chi connectivity index (χ1n) is 13.7. The lowest BCUT2D eigenvalue weighted by Gasteiger charge is -2.28. The number of rotatable bonds is 7. The Morgan fingerprint density at radius 3 is 2.45 bits per heavy atom. The molecule has 0 unspecified atom stereocenters. The van der Waals surface area contributed by atoms with Gasteiger partial charge in [-0.05, 0) is 56.4 Å². The summed E-state index contributed by atoms with van der Waals surface area (Å²) in [5.74, 6) is 2.42. The highest BCUT2D eigenvalue weighted by molar-refractivity contribution is 5.77. The summed E-state index contributed by atoms with van der Waals surface area (Å²) in [6.07, 6.45) is 2.84. The molecule has 0 saturated carbocycles. The molecule has 0 bridgehead atoms. The zero-order valence-corrected chi connectivity index (χ0v) is 22.7. The SMILES string of the molecule is CCOc1cccc2c1OCCCCCN(C(=O)COc1ccccc1C)CCN(Cc1ccccc1)C2. The second-order valence-corrected chi connectivity index (χ2v) is 9.72. The average molecular weight is 517 g/mol. The Morgan fingerprint density at radius 2 is 1.63 bits per heavy atom. The van der Waals surface area contributed by atoms with E-state index in [4.69, 9.17) is 14.2 Å². The molecule has 0 spiro atoms. The number of hydrogen-bond acceptors (Lipinski definition) is 5. The van der Waals surface area contributed by atoms with E-state index in [1.807, 2.05) is 61.2 Å². The van der Waals surface area contributed by atoms with Gasteiger partial charge in [0.1, 0.15) is 5.75 Å². The fraction of sp³-hybridized carbons (Fsp3) is 0.406. The molecule has 0 saturated heterocycles. The Kier molecular flexibility index (Phi) is 10.5. The minimum absolute atomic E-state index is 0.0260. The molecular weight excluding hydrogens is 476 g/mol. The highest BCUT2D eigenvalue weighted by atomic mass is 16.5. The lowest BCUT2D eigenvalue weighted by atomic mass is 10.1. The molecule has 0 aromatic heterocycles. The maximum Gasteiger partial charge on any atom is 0.260 e. The first-order chi connectivity index (χ1) is 18.6. The zero-order valence-electron chi connectivity index (χ0n) is 22.7. The van der Waals surface area contributed by atoms with Crippen LogP contribution in [0.3, 0.4) is 0 Å². The lowest BCUT2D eigenvalue weighted by Crippen LogP contribution is -2.41. The first-order valence-corrected chi connectivity index (χ1v) is 13.7. The quantitative estimate of drug-likeness (QED) is 0.393. The van der Waals surface area contributed by atoms with E-state index in [9.17, 15) is 4.79 Å². The number of hydrogen-bond donors (Lipinski definition) is 0. The summed E-state index contributed by atoms with van der Waals surface area (Å²) >= 11 is 0. The van der Waals surface area contributed by atoms with E-state index >= 15 is 0 Å². The number of aryl methyl sites for hydroxylation is 1. The molecule has 1 aliphatic heterocycles.